The molecule has 1 aliphatic rings. The maximum atomic E-state index is 11.5. The molecule has 0 aliphatic heterocycles. The second-order valence-corrected chi connectivity index (χ2v) is 5.29. The van der Waals surface area contributed by atoms with Gasteiger partial charge in [-0.3, -0.25) is 9.69 Å². The molecular formula is C13H26N2O2. The van der Waals surface area contributed by atoms with E-state index in [1.54, 1.807) is 0 Å². The Bertz CT molecular complexity index is 250. The van der Waals surface area contributed by atoms with Crippen LogP contribution in [0.4, 0.5) is 0 Å². The highest BCUT2D eigenvalue weighted by Gasteiger charge is 2.30. The molecule has 0 heterocycles. The van der Waals surface area contributed by atoms with Gasteiger partial charge in [-0.25, -0.2) is 0 Å². The molecule has 100 valence electrons. The summed E-state index contributed by atoms with van der Waals surface area (Å²) in [6.45, 7) is 4.03. The first-order valence-corrected chi connectivity index (χ1v) is 6.52. The van der Waals surface area contributed by atoms with Crippen LogP contribution in [0, 0.1) is 5.92 Å². The SMILES string of the molecule is COC(=O)C(C)C(C)N(C)C1CCC(N)CC1. The van der Waals surface area contributed by atoms with Crippen molar-refractivity contribution in [2.24, 2.45) is 11.7 Å². The van der Waals surface area contributed by atoms with Crippen LogP contribution in [-0.4, -0.2) is 43.2 Å². The summed E-state index contributed by atoms with van der Waals surface area (Å²) >= 11 is 0. The highest BCUT2D eigenvalue weighted by molar-refractivity contribution is 5.72. The second-order valence-electron chi connectivity index (χ2n) is 5.29. The fourth-order valence-corrected chi connectivity index (χ4v) is 2.58. The van der Waals surface area contributed by atoms with E-state index in [0.717, 1.165) is 25.7 Å². The minimum Gasteiger partial charge on any atom is -0.469 e. The predicted octanol–water partition coefficient (Wildman–Crippen LogP) is 1.39. The van der Waals surface area contributed by atoms with E-state index in [1.807, 2.05) is 6.92 Å². The molecule has 0 aromatic heterocycles. The molecule has 0 bridgehead atoms. The summed E-state index contributed by atoms with van der Waals surface area (Å²) in [6, 6.07) is 1.13. The minimum absolute atomic E-state index is 0.0828. The number of ether oxygens (including phenoxy) is 1. The number of esters is 1. The van der Waals surface area contributed by atoms with Gasteiger partial charge in [-0.1, -0.05) is 6.92 Å². The number of carbonyl (C=O) groups excluding carboxylic acids is 1. The van der Waals surface area contributed by atoms with Crippen molar-refractivity contribution in [3.05, 3.63) is 0 Å². The van der Waals surface area contributed by atoms with Gasteiger partial charge in [0.05, 0.1) is 13.0 Å². The number of carbonyl (C=O) groups is 1. The fraction of sp³-hybridized carbons (Fsp3) is 0.923. The Morgan fingerprint density at radius 3 is 2.29 bits per heavy atom. The number of hydrogen-bond donors (Lipinski definition) is 1. The first-order chi connectivity index (χ1) is 7.97. The summed E-state index contributed by atoms with van der Waals surface area (Å²) in [5, 5.41) is 0. The van der Waals surface area contributed by atoms with E-state index in [2.05, 4.69) is 18.9 Å². The van der Waals surface area contributed by atoms with Crippen LogP contribution in [0.1, 0.15) is 39.5 Å². The van der Waals surface area contributed by atoms with Crippen LogP contribution in [0.5, 0.6) is 0 Å². The lowest BCUT2D eigenvalue weighted by Gasteiger charge is -2.38. The molecule has 2 N–H and O–H groups in total. The molecule has 2 unspecified atom stereocenters. The molecular weight excluding hydrogens is 216 g/mol. The van der Waals surface area contributed by atoms with Gasteiger partial charge in [-0.2, -0.15) is 0 Å². The lowest BCUT2D eigenvalue weighted by Crippen LogP contribution is -2.46. The summed E-state index contributed by atoms with van der Waals surface area (Å²) in [5.41, 5.74) is 5.91. The third-order valence-corrected chi connectivity index (χ3v) is 4.26. The summed E-state index contributed by atoms with van der Waals surface area (Å²) in [6.07, 6.45) is 4.45. The van der Waals surface area contributed by atoms with Gasteiger partial charge < -0.3 is 10.5 Å². The topological polar surface area (TPSA) is 55.6 Å². The Morgan fingerprint density at radius 2 is 1.82 bits per heavy atom. The zero-order chi connectivity index (χ0) is 13.0. The molecule has 0 amide bonds. The van der Waals surface area contributed by atoms with E-state index >= 15 is 0 Å². The smallest absolute Gasteiger partial charge is 0.309 e. The van der Waals surface area contributed by atoms with E-state index in [9.17, 15) is 4.79 Å². The van der Waals surface area contributed by atoms with Crippen LogP contribution in [0.25, 0.3) is 0 Å². The first kappa shape index (κ1) is 14.5. The van der Waals surface area contributed by atoms with E-state index in [1.165, 1.54) is 7.11 Å². The van der Waals surface area contributed by atoms with Crippen molar-refractivity contribution >= 4 is 5.97 Å². The Balaban J connectivity index is 2.51. The normalized spacial score (nSPS) is 28.8. The van der Waals surface area contributed by atoms with E-state index in [0.29, 0.717) is 12.1 Å². The molecule has 4 nitrogen and oxygen atoms in total. The van der Waals surface area contributed by atoms with Gasteiger partial charge in [0.25, 0.3) is 0 Å². The van der Waals surface area contributed by atoms with Gasteiger partial charge >= 0.3 is 5.97 Å². The molecule has 2 atom stereocenters. The number of nitrogens with zero attached hydrogens (tertiary/aromatic N) is 1. The Labute approximate surface area is 104 Å². The Kier molecular flexibility index (Phi) is 5.40. The van der Waals surface area contributed by atoms with Crippen molar-refractivity contribution in [1.82, 2.24) is 4.90 Å². The summed E-state index contributed by atoms with van der Waals surface area (Å²) in [5.74, 6) is -0.211. The van der Waals surface area contributed by atoms with Gasteiger partial charge in [-0.15, -0.1) is 0 Å². The van der Waals surface area contributed by atoms with Gasteiger partial charge in [0, 0.05) is 18.1 Å². The molecule has 0 spiro atoms. The van der Waals surface area contributed by atoms with Crippen LogP contribution in [0.3, 0.4) is 0 Å². The van der Waals surface area contributed by atoms with Crippen molar-refractivity contribution in [2.75, 3.05) is 14.2 Å². The number of rotatable bonds is 4. The summed E-state index contributed by atoms with van der Waals surface area (Å²) in [7, 11) is 3.55. The highest BCUT2D eigenvalue weighted by Crippen LogP contribution is 2.24. The molecule has 4 heteroatoms. The van der Waals surface area contributed by atoms with Crippen molar-refractivity contribution in [2.45, 2.75) is 57.7 Å². The lowest BCUT2D eigenvalue weighted by atomic mass is 9.89. The molecule has 1 aliphatic carbocycles. The average Bonchev–Trinajstić information content (AvgIpc) is 2.36. The minimum atomic E-state index is -0.128. The number of nitrogens with two attached hydrogens (primary N) is 1. The third-order valence-electron chi connectivity index (χ3n) is 4.26. The third kappa shape index (κ3) is 3.68. The molecule has 1 fully saturated rings. The molecule has 1 saturated carbocycles. The molecule has 0 aromatic rings. The van der Waals surface area contributed by atoms with Crippen LogP contribution in [-0.2, 0) is 9.53 Å². The largest absolute Gasteiger partial charge is 0.469 e. The zero-order valence-electron chi connectivity index (χ0n) is 11.5. The molecule has 0 radical (unpaired) electrons. The van der Waals surface area contributed by atoms with Crippen molar-refractivity contribution in [1.29, 1.82) is 0 Å². The van der Waals surface area contributed by atoms with Crippen molar-refractivity contribution < 1.29 is 9.53 Å². The predicted molar refractivity (Wildman–Crippen MR) is 68.6 cm³/mol. The standard InChI is InChI=1S/C13H26N2O2/c1-9(13(16)17-4)10(2)15(3)12-7-5-11(14)6-8-12/h9-12H,5-8,14H2,1-4H3. The van der Waals surface area contributed by atoms with E-state index in [-0.39, 0.29) is 17.9 Å². The number of methoxy groups -OCH3 is 1. The van der Waals surface area contributed by atoms with E-state index in [4.69, 9.17) is 10.5 Å². The fourth-order valence-electron chi connectivity index (χ4n) is 2.58. The van der Waals surface area contributed by atoms with Crippen LogP contribution in [0.15, 0.2) is 0 Å². The quantitative estimate of drug-likeness (QED) is 0.757. The second kappa shape index (κ2) is 6.36. The van der Waals surface area contributed by atoms with E-state index < -0.39 is 0 Å². The molecule has 0 saturated heterocycles. The zero-order valence-corrected chi connectivity index (χ0v) is 11.5. The molecule has 17 heavy (non-hydrogen) atoms. The maximum absolute atomic E-state index is 11.5. The van der Waals surface area contributed by atoms with Gasteiger partial charge in [0.2, 0.25) is 0 Å². The first-order valence-electron chi connectivity index (χ1n) is 6.52. The summed E-state index contributed by atoms with van der Waals surface area (Å²) < 4.78 is 4.80. The molecule has 0 aromatic carbocycles. The van der Waals surface area contributed by atoms with Crippen molar-refractivity contribution in [3.8, 4) is 0 Å². The summed E-state index contributed by atoms with van der Waals surface area (Å²) in [4.78, 5) is 13.8. The average molecular weight is 242 g/mol. The monoisotopic (exact) mass is 242 g/mol. The van der Waals surface area contributed by atoms with Gasteiger partial charge in [0.1, 0.15) is 0 Å². The van der Waals surface area contributed by atoms with Gasteiger partial charge in [-0.05, 0) is 39.7 Å². The number of hydrogen-bond acceptors (Lipinski definition) is 4. The lowest BCUT2D eigenvalue weighted by molar-refractivity contribution is -0.147. The molecule has 1 rings (SSSR count). The van der Waals surface area contributed by atoms with Crippen LogP contribution in [0.2, 0.25) is 0 Å². The Morgan fingerprint density at radius 1 is 1.29 bits per heavy atom. The maximum Gasteiger partial charge on any atom is 0.309 e. The highest BCUT2D eigenvalue weighted by atomic mass is 16.5. The van der Waals surface area contributed by atoms with Crippen molar-refractivity contribution in [3.63, 3.8) is 0 Å². The van der Waals surface area contributed by atoms with Crippen LogP contribution < -0.4 is 5.73 Å². The van der Waals surface area contributed by atoms with Crippen LogP contribution >= 0.6 is 0 Å². The van der Waals surface area contributed by atoms with Gasteiger partial charge in [0.15, 0.2) is 0 Å². The Hall–Kier alpha value is -0.610.